The first-order valence-corrected chi connectivity index (χ1v) is 16.7. The number of carboxylic acids is 1. The van der Waals surface area contributed by atoms with Crippen LogP contribution in [0.4, 0.5) is 10.5 Å². The highest BCUT2D eigenvalue weighted by Gasteiger charge is 2.37. The van der Waals surface area contributed by atoms with Gasteiger partial charge in [-0.2, -0.15) is 0 Å². The van der Waals surface area contributed by atoms with Gasteiger partial charge in [0.15, 0.2) is 11.5 Å². The molecule has 4 aromatic rings. The molecule has 0 unspecified atom stereocenters. The van der Waals surface area contributed by atoms with Crippen molar-refractivity contribution < 1.29 is 38.8 Å². The van der Waals surface area contributed by atoms with Crippen molar-refractivity contribution in [2.45, 2.75) is 37.8 Å². The molecule has 13 heteroatoms. The maximum Gasteiger partial charge on any atom is 0.414 e. The van der Waals surface area contributed by atoms with E-state index >= 15 is 0 Å². The van der Waals surface area contributed by atoms with Gasteiger partial charge < -0.3 is 24.1 Å². The van der Waals surface area contributed by atoms with E-state index in [1.807, 2.05) is 6.07 Å². The standard InChI is InChI=1S/C36H36Cl2N4O7/c1-47-32-8-6-24(15-33(32)48-2)27(16-29-30(37)19-41(46)20-31(29)38)28-14-22(5-7-26(28)35(43)44)18-42(25-4-3-11-39-17-25)36(45)49-34-21-40-12-9-23(34)10-13-40/h3-8,11,14-15,17,19-20,23,27,34H,9-10,12-13,16,18,21H2,1-2H3,(H-,43,44,46)/t27-,34-/m0/s1. The van der Waals surface area contributed by atoms with Crippen molar-refractivity contribution in [2.75, 3.05) is 38.8 Å². The van der Waals surface area contributed by atoms with E-state index in [1.54, 1.807) is 48.8 Å². The molecule has 5 heterocycles. The van der Waals surface area contributed by atoms with Crippen LogP contribution in [0.2, 0.25) is 10.0 Å². The summed E-state index contributed by atoms with van der Waals surface area (Å²) in [5.74, 6) is -0.783. The van der Waals surface area contributed by atoms with Crippen molar-refractivity contribution in [1.82, 2.24) is 9.88 Å². The molecule has 2 aromatic carbocycles. The van der Waals surface area contributed by atoms with E-state index in [4.69, 9.17) is 37.4 Å². The number of carbonyl (C=O) groups excluding carboxylic acids is 2. The van der Waals surface area contributed by atoms with Crippen LogP contribution in [0.5, 0.6) is 11.5 Å². The number of piperidine rings is 3. The molecule has 3 aliphatic heterocycles. The largest absolute Gasteiger partial charge is 0.545 e. The lowest BCUT2D eigenvalue weighted by Gasteiger charge is -2.44. The number of carbonyl (C=O) groups is 2. The van der Waals surface area contributed by atoms with Crippen LogP contribution in [0.15, 0.2) is 73.3 Å². The number of methoxy groups -OCH3 is 2. The summed E-state index contributed by atoms with van der Waals surface area (Å²) in [6.45, 7) is 2.80. The molecule has 2 bridgehead atoms. The molecule has 49 heavy (non-hydrogen) atoms. The first kappa shape index (κ1) is 34.3. The summed E-state index contributed by atoms with van der Waals surface area (Å²) in [5, 5.41) is 23.0. The topological polar surface area (TPSA) is 128 Å². The Kier molecular flexibility index (Phi) is 10.4. The molecule has 7 rings (SSSR count). The Balaban J connectivity index is 1.41. The molecule has 256 valence electrons. The highest BCUT2D eigenvalue weighted by molar-refractivity contribution is 6.35. The number of hydrogen-bond acceptors (Lipinski definition) is 9. The number of amides is 1. The van der Waals surface area contributed by atoms with Gasteiger partial charge in [-0.05, 0) is 79.2 Å². The minimum absolute atomic E-state index is 0.0493. The smallest absolute Gasteiger partial charge is 0.414 e. The van der Waals surface area contributed by atoms with Crippen LogP contribution in [-0.4, -0.2) is 67.1 Å². The molecule has 0 saturated carbocycles. The zero-order valence-corrected chi connectivity index (χ0v) is 28.6. The molecule has 0 aliphatic carbocycles. The second-order valence-electron chi connectivity index (χ2n) is 12.3. The molecule has 1 amide bonds. The number of pyridine rings is 2. The third kappa shape index (κ3) is 7.54. The summed E-state index contributed by atoms with van der Waals surface area (Å²) in [4.78, 5) is 34.5. The Hall–Kier alpha value is -4.58. The van der Waals surface area contributed by atoms with Crippen LogP contribution in [-0.2, 0) is 17.7 Å². The average molecular weight is 708 g/mol. The van der Waals surface area contributed by atoms with Gasteiger partial charge in [-0.25, -0.2) is 4.79 Å². The first-order chi connectivity index (χ1) is 23.6. The number of anilines is 1. The summed E-state index contributed by atoms with van der Waals surface area (Å²) in [5.41, 5.74) is 2.69. The summed E-state index contributed by atoms with van der Waals surface area (Å²) in [6.07, 6.45) is 7.23. The number of rotatable bonds is 11. The molecule has 3 saturated heterocycles. The van der Waals surface area contributed by atoms with Crippen LogP contribution >= 0.6 is 23.2 Å². The van der Waals surface area contributed by atoms with Gasteiger partial charge in [0.1, 0.15) is 16.1 Å². The molecule has 11 nitrogen and oxygen atoms in total. The molecule has 2 aromatic heterocycles. The fourth-order valence-electron chi connectivity index (χ4n) is 6.79. The van der Waals surface area contributed by atoms with Gasteiger partial charge in [0.2, 0.25) is 12.4 Å². The first-order valence-electron chi connectivity index (χ1n) is 15.9. The van der Waals surface area contributed by atoms with Gasteiger partial charge in [-0.15, -0.1) is 0 Å². The van der Waals surface area contributed by atoms with Crippen molar-refractivity contribution in [1.29, 1.82) is 0 Å². The lowest BCUT2D eigenvalue weighted by Crippen LogP contribution is -2.53. The van der Waals surface area contributed by atoms with E-state index in [-0.39, 0.29) is 34.7 Å². The maximum atomic E-state index is 13.9. The van der Waals surface area contributed by atoms with Gasteiger partial charge in [0.05, 0.1) is 38.6 Å². The number of nitrogens with zero attached hydrogens (tertiary/aromatic N) is 4. The Morgan fingerprint density at radius 2 is 1.80 bits per heavy atom. The van der Waals surface area contributed by atoms with E-state index in [9.17, 15) is 19.9 Å². The van der Waals surface area contributed by atoms with E-state index < -0.39 is 18.0 Å². The molecule has 1 N–H and O–H groups in total. The van der Waals surface area contributed by atoms with Gasteiger partial charge in [0.25, 0.3) is 0 Å². The van der Waals surface area contributed by atoms with Crippen molar-refractivity contribution in [3.8, 4) is 11.5 Å². The van der Waals surface area contributed by atoms with Crippen molar-refractivity contribution >= 4 is 41.0 Å². The molecule has 3 fully saturated rings. The number of carboxylic acid groups (broad SMARTS) is 1. The summed E-state index contributed by atoms with van der Waals surface area (Å²) in [6, 6.07) is 13.7. The second kappa shape index (κ2) is 14.9. The third-order valence-corrected chi connectivity index (χ3v) is 10.0. The van der Waals surface area contributed by atoms with Crippen molar-refractivity contribution in [3.05, 3.63) is 111 Å². The zero-order valence-electron chi connectivity index (χ0n) is 27.1. The van der Waals surface area contributed by atoms with Crippen LogP contribution in [0.25, 0.3) is 0 Å². The fraction of sp³-hybridized carbons (Fsp3) is 0.333. The van der Waals surface area contributed by atoms with Crippen LogP contribution < -0.4 is 24.2 Å². The maximum absolute atomic E-state index is 13.9. The Morgan fingerprint density at radius 3 is 2.41 bits per heavy atom. The summed E-state index contributed by atoms with van der Waals surface area (Å²) >= 11 is 13.1. The fourth-order valence-corrected chi connectivity index (χ4v) is 7.40. The number of hydrogen-bond donors (Lipinski definition) is 1. The predicted molar refractivity (Wildman–Crippen MR) is 180 cm³/mol. The molecule has 0 radical (unpaired) electrons. The Bertz CT molecular complexity index is 1810. The minimum atomic E-state index is -1.38. The monoisotopic (exact) mass is 706 g/mol. The number of aromatic carboxylic acids is 1. The third-order valence-electron chi connectivity index (χ3n) is 9.36. The lowest BCUT2D eigenvalue weighted by molar-refractivity contribution is -0.904. The molecule has 3 aliphatic rings. The number of fused-ring (bicyclic) bond motifs is 3. The highest BCUT2D eigenvalue weighted by Crippen LogP contribution is 2.39. The van der Waals surface area contributed by atoms with Crippen molar-refractivity contribution in [3.63, 3.8) is 0 Å². The number of halogens is 2. The van der Waals surface area contributed by atoms with Gasteiger partial charge >= 0.3 is 6.09 Å². The predicted octanol–water partition coefficient (Wildman–Crippen LogP) is 4.91. The van der Waals surface area contributed by atoms with Crippen LogP contribution in [0.1, 0.15) is 51.4 Å². The summed E-state index contributed by atoms with van der Waals surface area (Å²) in [7, 11) is 3.03. The van der Waals surface area contributed by atoms with Crippen molar-refractivity contribution in [2.24, 2.45) is 5.92 Å². The Labute approximate surface area is 294 Å². The van der Waals surface area contributed by atoms with Gasteiger partial charge in [-0.1, -0.05) is 47.5 Å². The van der Waals surface area contributed by atoms with E-state index in [2.05, 4.69) is 9.88 Å². The van der Waals surface area contributed by atoms with E-state index in [0.29, 0.717) is 51.9 Å². The number of benzene rings is 2. The Morgan fingerprint density at radius 1 is 1.06 bits per heavy atom. The van der Waals surface area contributed by atoms with Gasteiger partial charge in [0, 0.05) is 34.5 Å². The normalized spacial score (nSPS) is 18.8. The SMILES string of the molecule is COc1ccc([C@H](Cc2c(Cl)c[n+](O)cc2Cl)c2cc(CN(C(=O)O[C@H]3CN4CCC3CC4)c3cccnc3)ccc2C(=O)[O-])cc1OC. The quantitative estimate of drug-likeness (QED) is 0.171. The molecular weight excluding hydrogens is 671 g/mol. The highest BCUT2D eigenvalue weighted by atomic mass is 35.5. The molecular formula is C36H36Cl2N4O7. The van der Waals surface area contributed by atoms with E-state index in [1.165, 1.54) is 37.6 Å². The number of aromatic nitrogens is 2. The van der Waals surface area contributed by atoms with Crippen LogP contribution in [0.3, 0.4) is 0 Å². The average Bonchev–Trinajstić information content (AvgIpc) is 3.10. The number of ether oxygens (including phenoxy) is 3. The molecule has 0 spiro atoms. The second-order valence-corrected chi connectivity index (χ2v) is 13.1. The zero-order chi connectivity index (χ0) is 34.7. The summed E-state index contributed by atoms with van der Waals surface area (Å²) < 4.78 is 17.9. The minimum Gasteiger partial charge on any atom is -0.545 e. The van der Waals surface area contributed by atoms with E-state index in [0.717, 1.165) is 30.7 Å². The van der Waals surface area contributed by atoms with Crippen LogP contribution in [0, 0.1) is 5.92 Å². The van der Waals surface area contributed by atoms with Gasteiger partial charge in [-0.3, -0.25) is 20.0 Å². The molecule has 2 atom stereocenters. The lowest BCUT2D eigenvalue weighted by atomic mass is 9.82.